The Morgan fingerprint density at radius 3 is 2.60 bits per heavy atom. The molecule has 0 bridgehead atoms. The van der Waals surface area contributed by atoms with Crippen molar-refractivity contribution < 1.29 is 5.11 Å². The summed E-state index contributed by atoms with van der Waals surface area (Å²) in [6.45, 7) is 1.16. The Balaban J connectivity index is 1.62. The normalized spacial score (nSPS) is 26.4. The van der Waals surface area contributed by atoms with Gasteiger partial charge in [0, 0.05) is 25.1 Å². The monoisotopic (exact) mass is 276 g/mol. The molecule has 0 aliphatic heterocycles. The van der Waals surface area contributed by atoms with Gasteiger partial charge in [-0.2, -0.15) is 0 Å². The molecule has 0 radical (unpaired) electrons. The fourth-order valence-electron chi connectivity index (χ4n) is 3.13. The summed E-state index contributed by atoms with van der Waals surface area (Å²) in [6.07, 6.45) is 7.20. The van der Waals surface area contributed by atoms with Gasteiger partial charge in [0.1, 0.15) is 17.5 Å². The standard InChI is InChI=1S/C15H24N4O/c16-13-7-14(19-15(18-13)10-5-6-10)17-8-11-3-1-2-4-12(11)9-20/h7,10-12,20H,1-6,8-9H2,(H3,16,17,18,19). The van der Waals surface area contributed by atoms with E-state index < -0.39 is 0 Å². The van der Waals surface area contributed by atoms with Crippen LogP contribution in [0.25, 0.3) is 0 Å². The predicted octanol–water partition coefficient (Wildman–Crippen LogP) is 2.15. The Hall–Kier alpha value is -1.36. The van der Waals surface area contributed by atoms with Crippen LogP contribution < -0.4 is 11.1 Å². The van der Waals surface area contributed by atoms with Crippen LogP contribution in [-0.2, 0) is 0 Å². The van der Waals surface area contributed by atoms with Gasteiger partial charge < -0.3 is 16.2 Å². The van der Waals surface area contributed by atoms with E-state index in [-0.39, 0.29) is 0 Å². The molecular weight excluding hydrogens is 252 g/mol. The summed E-state index contributed by atoms with van der Waals surface area (Å²) >= 11 is 0. The Labute approximate surface area is 120 Å². The second kappa shape index (κ2) is 5.95. The minimum absolute atomic E-state index is 0.297. The summed E-state index contributed by atoms with van der Waals surface area (Å²) < 4.78 is 0. The number of nitrogen functional groups attached to an aromatic ring is 1. The van der Waals surface area contributed by atoms with Crippen LogP contribution in [0.5, 0.6) is 0 Å². The van der Waals surface area contributed by atoms with E-state index in [1.807, 2.05) is 6.07 Å². The maximum absolute atomic E-state index is 9.45. The van der Waals surface area contributed by atoms with Gasteiger partial charge in [0.25, 0.3) is 0 Å². The number of nitrogens with one attached hydrogen (secondary N) is 1. The Morgan fingerprint density at radius 2 is 1.90 bits per heavy atom. The number of aliphatic hydroxyl groups excluding tert-OH is 1. The summed E-state index contributed by atoms with van der Waals surface area (Å²) in [6, 6.07) is 1.81. The molecule has 110 valence electrons. The third kappa shape index (κ3) is 3.20. The van der Waals surface area contributed by atoms with Crippen molar-refractivity contribution in [1.29, 1.82) is 0 Å². The van der Waals surface area contributed by atoms with Crippen LogP contribution in [0.3, 0.4) is 0 Å². The van der Waals surface area contributed by atoms with Crippen LogP contribution in [0.1, 0.15) is 50.3 Å². The van der Waals surface area contributed by atoms with Crippen molar-refractivity contribution in [2.75, 3.05) is 24.2 Å². The zero-order chi connectivity index (χ0) is 13.9. The average Bonchev–Trinajstić information content (AvgIpc) is 3.29. The van der Waals surface area contributed by atoms with Crippen molar-refractivity contribution in [2.24, 2.45) is 11.8 Å². The molecule has 2 saturated carbocycles. The number of hydrogen-bond acceptors (Lipinski definition) is 5. The molecule has 0 spiro atoms. The van der Waals surface area contributed by atoms with Gasteiger partial charge in [-0.15, -0.1) is 0 Å². The number of nitrogens with zero attached hydrogens (tertiary/aromatic N) is 2. The Kier molecular flexibility index (Phi) is 4.05. The molecule has 0 saturated heterocycles. The molecule has 5 heteroatoms. The minimum Gasteiger partial charge on any atom is -0.396 e. The summed E-state index contributed by atoms with van der Waals surface area (Å²) in [4.78, 5) is 8.87. The van der Waals surface area contributed by atoms with Crippen LogP contribution in [-0.4, -0.2) is 28.2 Å². The summed E-state index contributed by atoms with van der Waals surface area (Å²) in [5.41, 5.74) is 5.86. The molecule has 0 aromatic carbocycles. The lowest BCUT2D eigenvalue weighted by molar-refractivity contribution is 0.141. The van der Waals surface area contributed by atoms with E-state index in [1.165, 1.54) is 32.1 Å². The van der Waals surface area contributed by atoms with Crippen molar-refractivity contribution in [1.82, 2.24) is 9.97 Å². The molecule has 2 aliphatic rings. The fourth-order valence-corrected chi connectivity index (χ4v) is 3.13. The molecule has 3 rings (SSSR count). The van der Waals surface area contributed by atoms with Crippen LogP contribution in [0.15, 0.2) is 6.07 Å². The molecular formula is C15H24N4O. The Morgan fingerprint density at radius 1 is 1.15 bits per heavy atom. The number of aliphatic hydroxyl groups is 1. The van der Waals surface area contributed by atoms with Gasteiger partial charge in [-0.3, -0.25) is 0 Å². The lowest BCUT2D eigenvalue weighted by Gasteiger charge is -2.30. The molecule has 1 aromatic heterocycles. The zero-order valence-corrected chi connectivity index (χ0v) is 11.9. The maximum Gasteiger partial charge on any atom is 0.136 e. The molecule has 0 amide bonds. The van der Waals surface area contributed by atoms with E-state index in [0.717, 1.165) is 24.6 Å². The van der Waals surface area contributed by atoms with Gasteiger partial charge in [0.05, 0.1) is 0 Å². The Bertz CT molecular complexity index is 461. The number of rotatable bonds is 5. The molecule has 2 unspecified atom stereocenters. The zero-order valence-electron chi connectivity index (χ0n) is 11.9. The second-order valence-electron chi connectivity index (χ2n) is 6.18. The van der Waals surface area contributed by atoms with Crippen molar-refractivity contribution in [3.05, 3.63) is 11.9 Å². The molecule has 20 heavy (non-hydrogen) atoms. The third-order valence-corrected chi connectivity index (χ3v) is 4.55. The SMILES string of the molecule is Nc1cc(NCC2CCCCC2CO)nc(C2CC2)n1. The van der Waals surface area contributed by atoms with Gasteiger partial charge in [0.2, 0.25) is 0 Å². The van der Waals surface area contributed by atoms with E-state index in [9.17, 15) is 5.11 Å². The molecule has 2 atom stereocenters. The average molecular weight is 276 g/mol. The number of anilines is 2. The summed E-state index contributed by atoms with van der Waals surface area (Å²) in [7, 11) is 0. The van der Waals surface area contributed by atoms with Crippen LogP contribution in [0.4, 0.5) is 11.6 Å². The summed E-state index contributed by atoms with van der Waals surface area (Å²) in [5, 5.41) is 12.9. The van der Waals surface area contributed by atoms with Crippen LogP contribution >= 0.6 is 0 Å². The smallest absolute Gasteiger partial charge is 0.136 e. The van der Waals surface area contributed by atoms with Crippen LogP contribution in [0, 0.1) is 11.8 Å². The lowest BCUT2D eigenvalue weighted by Crippen LogP contribution is -2.28. The van der Waals surface area contributed by atoms with E-state index in [4.69, 9.17) is 5.73 Å². The first kappa shape index (κ1) is 13.6. The highest BCUT2D eigenvalue weighted by Crippen LogP contribution is 2.38. The van der Waals surface area contributed by atoms with E-state index in [2.05, 4.69) is 15.3 Å². The first-order chi connectivity index (χ1) is 9.76. The van der Waals surface area contributed by atoms with Gasteiger partial charge in [-0.25, -0.2) is 9.97 Å². The van der Waals surface area contributed by atoms with Gasteiger partial charge in [-0.1, -0.05) is 12.8 Å². The first-order valence-electron chi connectivity index (χ1n) is 7.75. The van der Waals surface area contributed by atoms with E-state index in [0.29, 0.717) is 30.2 Å². The molecule has 2 aliphatic carbocycles. The van der Waals surface area contributed by atoms with Crippen molar-refractivity contribution in [3.8, 4) is 0 Å². The van der Waals surface area contributed by atoms with Crippen molar-refractivity contribution >= 4 is 11.6 Å². The molecule has 2 fully saturated rings. The van der Waals surface area contributed by atoms with Crippen molar-refractivity contribution in [3.63, 3.8) is 0 Å². The topological polar surface area (TPSA) is 84.1 Å². The third-order valence-electron chi connectivity index (χ3n) is 4.55. The van der Waals surface area contributed by atoms with Gasteiger partial charge >= 0.3 is 0 Å². The predicted molar refractivity (Wildman–Crippen MR) is 79.4 cm³/mol. The number of nitrogens with two attached hydrogens (primary N) is 1. The number of hydrogen-bond donors (Lipinski definition) is 3. The lowest BCUT2D eigenvalue weighted by atomic mass is 9.79. The van der Waals surface area contributed by atoms with E-state index in [1.54, 1.807) is 0 Å². The highest BCUT2D eigenvalue weighted by molar-refractivity contribution is 5.45. The first-order valence-corrected chi connectivity index (χ1v) is 7.75. The minimum atomic E-state index is 0.297. The molecule has 1 heterocycles. The fraction of sp³-hybridized carbons (Fsp3) is 0.733. The number of aromatic nitrogens is 2. The highest BCUT2D eigenvalue weighted by Gasteiger charge is 2.28. The largest absolute Gasteiger partial charge is 0.396 e. The van der Waals surface area contributed by atoms with Gasteiger partial charge in [0.15, 0.2) is 0 Å². The highest BCUT2D eigenvalue weighted by atomic mass is 16.3. The van der Waals surface area contributed by atoms with Crippen molar-refractivity contribution in [2.45, 2.75) is 44.4 Å². The van der Waals surface area contributed by atoms with Crippen LogP contribution in [0.2, 0.25) is 0 Å². The summed E-state index contributed by atoms with van der Waals surface area (Å²) in [5.74, 6) is 3.75. The second-order valence-corrected chi connectivity index (χ2v) is 6.18. The molecule has 1 aromatic rings. The maximum atomic E-state index is 9.45. The molecule has 4 N–H and O–H groups in total. The molecule has 5 nitrogen and oxygen atoms in total. The quantitative estimate of drug-likeness (QED) is 0.767. The van der Waals surface area contributed by atoms with Gasteiger partial charge in [-0.05, 0) is 37.5 Å². The van der Waals surface area contributed by atoms with E-state index >= 15 is 0 Å².